The van der Waals surface area contributed by atoms with Gasteiger partial charge >= 0.3 is 0 Å². The van der Waals surface area contributed by atoms with E-state index < -0.39 is 0 Å². The predicted molar refractivity (Wildman–Crippen MR) is 89.5 cm³/mol. The number of nitrogens with one attached hydrogen (secondary N) is 1. The van der Waals surface area contributed by atoms with Crippen LogP contribution in [0.3, 0.4) is 0 Å². The fourth-order valence-electron chi connectivity index (χ4n) is 2.50. The van der Waals surface area contributed by atoms with Gasteiger partial charge < -0.3 is 16.0 Å². The number of benzene rings is 1. The van der Waals surface area contributed by atoms with Crippen LogP contribution in [0, 0.1) is 0 Å². The monoisotopic (exact) mass is 306 g/mol. The molecule has 0 bridgehead atoms. The van der Waals surface area contributed by atoms with E-state index in [2.05, 4.69) is 29.2 Å². The number of nitrogens with two attached hydrogens (primary N) is 1. The van der Waals surface area contributed by atoms with Gasteiger partial charge in [0.1, 0.15) is 4.99 Å². The Labute approximate surface area is 131 Å². The second-order valence-electron chi connectivity index (χ2n) is 5.63. The molecule has 1 amide bonds. The first-order valence-corrected chi connectivity index (χ1v) is 7.45. The fourth-order valence-corrected chi connectivity index (χ4v) is 2.63. The van der Waals surface area contributed by atoms with Gasteiger partial charge in [0.05, 0.1) is 6.54 Å². The number of hydrogen-bond donors (Lipinski definition) is 2. The van der Waals surface area contributed by atoms with Crippen molar-refractivity contribution in [3.8, 4) is 0 Å². The summed E-state index contributed by atoms with van der Waals surface area (Å²) in [5.74, 6) is 0.0116. The number of nitrogens with zero attached hydrogens (tertiary/aromatic N) is 2. The number of carbonyl (C=O) groups is 1. The lowest BCUT2D eigenvalue weighted by Gasteiger charge is -2.20. The van der Waals surface area contributed by atoms with Crippen molar-refractivity contribution in [1.82, 2.24) is 9.80 Å². The number of thiocarbonyl (C=S) groups is 1. The van der Waals surface area contributed by atoms with Crippen molar-refractivity contribution >= 4 is 28.8 Å². The molecule has 1 unspecified atom stereocenters. The van der Waals surface area contributed by atoms with E-state index >= 15 is 0 Å². The van der Waals surface area contributed by atoms with Crippen LogP contribution in [-0.4, -0.2) is 60.5 Å². The molecule has 1 heterocycles. The Hall–Kier alpha value is -1.50. The lowest BCUT2D eigenvalue weighted by atomic mass is 10.2. The van der Waals surface area contributed by atoms with E-state index in [-0.39, 0.29) is 5.91 Å². The summed E-state index contributed by atoms with van der Waals surface area (Å²) in [6, 6.07) is 7.81. The molecule has 0 aromatic heterocycles. The van der Waals surface area contributed by atoms with Gasteiger partial charge in [-0.2, -0.15) is 0 Å². The molecule has 0 spiro atoms. The van der Waals surface area contributed by atoms with E-state index in [9.17, 15) is 4.79 Å². The normalized spacial score (nSPS) is 18.9. The van der Waals surface area contributed by atoms with E-state index in [1.165, 1.54) is 0 Å². The van der Waals surface area contributed by atoms with Crippen LogP contribution in [0.1, 0.15) is 12.0 Å². The third-order valence-electron chi connectivity index (χ3n) is 3.80. The molecule has 6 heteroatoms. The molecule has 21 heavy (non-hydrogen) atoms. The maximum atomic E-state index is 12.0. The summed E-state index contributed by atoms with van der Waals surface area (Å²) in [6.45, 7) is 2.35. The van der Waals surface area contributed by atoms with Gasteiger partial charge in [0.25, 0.3) is 0 Å². The molecule has 0 aliphatic carbocycles. The number of likely N-dealkylation sites (tertiary alicyclic amines) is 1. The van der Waals surface area contributed by atoms with Gasteiger partial charge in [-0.05, 0) is 44.8 Å². The first-order valence-electron chi connectivity index (χ1n) is 7.04. The third kappa shape index (κ3) is 4.49. The minimum atomic E-state index is 0.0116. The van der Waals surface area contributed by atoms with Crippen LogP contribution >= 0.6 is 12.2 Å². The maximum Gasteiger partial charge on any atom is 0.238 e. The highest BCUT2D eigenvalue weighted by atomic mass is 32.1. The molecule has 2 rings (SSSR count). The van der Waals surface area contributed by atoms with Crippen molar-refractivity contribution in [1.29, 1.82) is 0 Å². The number of likely N-dealkylation sites (N-methyl/N-ethyl adjacent to an activating group) is 1. The summed E-state index contributed by atoms with van der Waals surface area (Å²) in [6.07, 6.45) is 1.11. The zero-order valence-electron chi connectivity index (χ0n) is 12.5. The van der Waals surface area contributed by atoms with E-state index in [4.69, 9.17) is 18.0 Å². The van der Waals surface area contributed by atoms with Crippen LogP contribution in [0.15, 0.2) is 24.3 Å². The van der Waals surface area contributed by atoms with Gasteiger partial charge in [0, 0.05) is 30.4 Å². The summed E-state index contributed by atoms with van der Waals surface area (Å²) < 4.78 is 0. The highest BCUT2D eigenvalue weighted by Gasteiger charge is 2.25. The first-order chi connectivity index (χ1) is 9.95. The van der Waals surface area contributed by atoms with Crippen molar-refractivity contribution in [3.05, 3.63) is 29.8 Å². The van der Waals surface area contributed by atoms with Crippen molar-refractivity contribution in [2.45, 2.75) is 12.5 Å². The second-order valence-corrected chi connectivity index (χ2v) is 6.07. The Kier molecular flexibility index (Phi) is 5.27. The Morgan fingerprint density at radius 3 is 2.62 bits per heavy atom. The third-order valence-corrected chi connectivity index (χ3v) is 4.03. The Morgan fingerprint density at radius 1 is 1.43 bits per heavy atom. The maximum absolute atomic E-state index is 12.0. The molecule has 114 valence electrons. The van der Waals surface area contributed by atoms with Crippen LogP contribution in [0.2, 0.25) is 0 Å². The smallest absolute Gasteiger partial charge is 0.238 e. The van der Waals surface area contributed by atoms with Crippen molar-refractivity contribution in [3.63, 3.8) is 0 Å². The quantitative estimate of drug-likeness (QED) is 0.791. The van der Waals surface area contributed by atoms with Gasteiger partial charge in [0.15, 0.2) is 0 Å². The van der Waals surface area contributed by atoms with E-state index in [1.807, 2.05) is 24.3 Å². The molecule has 0 saturated carbocycles. The van der Waals surface area contributed by atoms with Crippen LogP contribution in [0.25, 0.3) is 0 Å². The largest absolute Gasteiger partial charge is 0.389 e. The standard InChI is InChI=1S/C15H22N4OS/c1-18(2)13-7-8-19(9-13)10-14(20)17-12-5-3-11(4-6-12)15(16)21/h3-6,13H,7-10H2,1-2H3,(H2,16,21)(H,17,20). The number of hydrogen-bond acceptors (Lipinski definition) is 4. The number of rotatable bonds is 5. The average molecular weight is 306 g/mol. The molecule has 1 fully saturated rings. The molecule has 0 radical (unpaired) electrons. The van der Waals surface area contributed by atoms with Gasteiger partial charge in [-0.25, -0.2) is 0 Å². The van der Waals surface area contributed by atoms with Crippen molar-refractivity contribution in [2.75, 3.05) is 39.0 Å². The Bertz CT molecular complexity index is 515. The number of amides is 1. The minimum absolute atomic E-state index is 0.0116. The zero-order valence-corrected chi connectivity index (χ0v) is 13.3. The number of carbonyl (C=O) groups excluding carboxylic acids is 1. The summed E-state index contributed by atoms with van der Waals surface area (Å²) in [4.78, 5) is 16.8. The molecule has 1 atom stereocenters. The van der Waals surface area contributed by atoms with Crippen LogP contribution in [0.4, 0.5) is 5.69 Å². The molecule has 1 aromatic carbocycles. The van der Waals surface area contributed by atoms with E-state index in [0.29, 0.717) is 17.6 Å². The first kappa shape index (κ1) is 15.9. The summed E-state index contributed by atoms with van der Waals surface area (Å²) in [5, 5.41) is 2.90. The predicted octanol–water partition coefficient (Wildman–Crippen LogP) is 0.895. The molecule has 1 aromatic rings. The topological polar surface area (TPSA) is 61.6 Å². The molecule has 5 nitrogen and oxygen atoms in total. The molecule has 1 aliphatic heterocycles. The molecular formula is C15H22N4OS. The lowest BCUT2D eigenvalue weighted by molar-refractivity contribution is -0.117. The zero-order chi connectivity index (χ0) is 15.4. The van der Waals surface area contributed by atoms with Gasteiger partial charge in [-0.3, -0.25) is 9.69 Å². The molecule has 1 aliphatic rings. The second kappa shape index (κ2) is 6.98. The summed E-state index contributed by atoms with van der Waals surface area (Å²) >= 11 is 4.90. The van der Waals surface area contributed by atoms with Crippen LogP contribution in [-0.2, 0) is 4.79 Å². The van der Waals surface area contributed by atoms with E-state index in [1.54, 1.807) is 0 Å². The minimum Gasteiger partial charge on any atom is -0.389 e. The van der Waals surface area contributed by atoms with Crippen LogP contribution in [0.5, 0.6) is 0 Å². The summed E-state index contributed by atoms with van der Waals surface area (Å²) in [7, 11) is 4.16. The van der Waals surface area contributed by atoms with Crippen molar-refractivity contribution < 1.29 is 4.79 Å². The van der Waals surface area contributed by atoms with Gasteiger partial charge in [-0.1, -0.05) is 12.2 Å². The Balaban J connectivity index is 1.83. The fraction of sp³-hybridized carbons (Fsp3) is 0.467. The molecule has 1 saturated heterocycles. The Morgan fingerprint density at radius 2 is 2.10 bits per heavy atom. The van der Waals surface area contributed by atoms with Crippen molar-refractivity contribution in [2.24, 2.45) is 5.73 Å². The average Bonchev–Trinajstić information content (AvgIpc) is 2.87. The van der Waals surface area contributed by atoms with E-state index in [0.717, 1.165) is 30.8 Å². The van der Waals surface area contributed by atoms with Gasteiger partial charge in [-0.15, -0.1) is 0 Å². The van der Waals surface area contributed by atoms with Gasteiger partial charge in [0.2, 0.25) is 5.91 Å². The highest BCUT2D eigenvalue weighted by Crippen LogP contribution is 2.14. The number of anilines is 1. The SMILES string of the molecule is CN(C)C1CCN(CC(=O)Nc2ccc(C(N)=S)cc2)C1. The highest BCUT2D eigenvalue weighted by molar-refractivity contribution is 7.80. The molecular weight excluding hydrogens is 284 g/mol. The molecule has 3 N–H and O–H groups in total. The van der Waals surface area contributed by atoms with Crippen LogP contribution < -0.4 is 11.1 Å². The summed E-state index contributed by atoms with van der Waals surface area (Å²) in [5.41, 5.74) is 7.11. The lowest BCUT2D eigenvalue weighted by Crippen LogP contribution is -2.35.